The Balaban J connectivity index is 1.40. The van der Waals surface area contributed by atoms with Crippen LogP contribution >= 0.6 is 0 Å². The van der Waals surface area contributed by atoms with Crippen LogP contribution in [0.25, 0.3) is 5.52 Å². The lowest BCUT2D eigenvalue weighted by molar-refractivity contribution is 0.0727. The molecule has 0 spiro atoms. The van der Waals surface area contributed by atoms with Crippen LogP contribution in [0.4, 0.5) is 17.6 Å². The summed E-state index contributed by atoms with van der Waals surface area (Å²) >= 11 is 0. The molecule has 3 aromatic rings. The fraction of sp³-hybridized carbons (Fsp3) is 0.545. The molecule has 1 amide bonds. The predicted molar refractivity (Wildman–Crippen MR) is 123 cm³/mol. The number of carbonyl (C=O) groups excluding carboxylic acids is 1. The van der Waals surface area contributed by atoms with Crippen molar-refractivity contribution in [3.63, 3.8) is 0 Å². The van der Waals surface area contributed by atoms with Crippen LogP contribution in [-0.4, -0.2) is 86.1 Å². The smallest absolute Gasteiger partial charge is 0.272 e. The zero-order valence-electron chi connectivity index (χ0n) is 18.5. The molecule has 0 aromatic carbocycles. The van der Waals surface area contributed by atoms with Gasteiger partial charge in [-0.1, -0.05) is 0 Å². The molecule has 1 aliphatic carbocycles. The average molecular weight is 452 g/mol. The van der Waals surface area contributed by atoms with Gasteiger partial charge in [-0.2, -0.15) is 10.1 Å². The molecule has 1 saturated carbocycles. The number of piperazine rings is 1. The van der Waals surface area contributed by atoms with E-state index in [0.717, 1.165) is 38.2 Å². The minimum atomic E-state index is -0.0389. The van der Waals surface area contributed by atoms with E-state index in [9.17, 15) is 9.90 Å². The van der Waals surface area contributed by atoms with Gasteiger partial charge in [0.2, 0.25) is 5.95 Å². The van der Waals surface area contributed by atoms with Gasteiger partial charge in [0.05, 0.1) is 12.6 Å². The first kappa shape index (κ1) is 20.4. The average Bonchev–Trinajstić information content (AvgIpc) is 3.24. The number of fused-ring (bicyclic) bond motifs is 1. The number of amides is 1. The predicted octanol–water partition coefficient (Wildman–Crippen LogP) is 1.08. The highest BCUT2D eigenvalue weighted by atomic mass is 16.3. The van der Waals surface area contributed by atoms with Crippen molar-refractivity contribution >= 4 is 29.0 Å². The van der Waals surface area contributed by atoms with E-state index in [1.807, 2.05) is 28.0 Å². The Hall–Kier alpha value is -3.18. The molecular weight excluding hydrogens is 422 g/mol. The maximum absolute atomic E-state index is 13.3. The summed E-state index contributed by atoms with van der Waals surface area (Å²) < 4.78 is 1.69. The fourth-order valence-electron chi connectivity index (χ4n) is 4.80. The minimum Gasteiger partial charge on any atom is -0.394 e. The second kappa shape index (κ2) is 8.31. The van der Waals surface area contributed by atoms with Gasteiger partial charge in [-0.3, -0.25) is 9.89 Å². The molecule has 3 fully saturated rings. The van der Waals surface area contributed by atoms with Crippen molar-refractivity contribution in [2.45, 2.75) is 37.6 Å². The van der Waals surface area contributed by atoms with Crippen molar-refractivity contribution < 1.29 is 9.90 Å². The lowest BCUT2D eigenvalue weighted by Gasteiger charge is -2.27. The molecular formula is C22H29N9O2. The van der Waals surface area contributed by atoms with Crippen LogP contribution in [-0.2, 0) is 0 Å². The highest BCUT2D eigenvalue weighted by Gasteiger charge is 2.29. The number of aliphatic hydroxyl groups is 1. The van der Waals surface area contributed by atoms with E-state index in [1.165, 1.54) is 12.8 Å². The van der Waals surface area contributed by atoms with Gasteiger partial charge in [0.25, 0.3) is 5.91 Å². The second-order valence-electron chi connectivity index (χ2n) is 9.10. The van der Waals surface area contributed by atoms with Crippen molar-refractivity contribution in [3.05, 3.63) is 29.6 Å². The number of rotatable bonds is 6. The number of aliphatic hydroxyl groups excluding tert-OH is 1. The molecule has 0 bridgehead atoms. The Morgan fingerprint density at radius 3 is 2.82 bits per heavy atom. The summed E-state index contributed by atoms with van der Waals surface area (Å²) in [5.41, 5.74) is 2.36. The Bertz CT molecular complexity index is 1160. The van der Waals surface area contributed by atoms with Crippen LogP contribution in [0.5, 0.6) is 0 Å². The summed E-state index contributed by atoms with van der Waals surface area (Å²) in [5.74, 6) is 2.32. The second-order valence-corrected chi connectivity index (χ2v) is 9.10. The lowest BCUT2D eigenvalue weighted by Crippen LogP contribution is -2.46. The molecule has 3 aromatic heterocycles. The van der Waals surface area contributed by atoms with Crippen molar-refractivity contribution in [2.75, 3.05) is 49.5 Å². The van der Waals surface area contributed by atoms with Gasteiger partial charge in [-0.05, 0) is 37.8 Å². The summed E-state index contributed by atoms with van der Waals surface area (Å²) in [4.78, 5) is 22.0. The number of anilines is 3. The van der Waals surface area contributed by atoms with E-state index in [-0.39, 0.29) is 18.6 Å². The van der Waals surface area contributed by atoms with Crippen LogP contribution in [0.2, 0.25) is 0 Å². The topological polar surface area (TPSA) is 127 Å². The van der Waals surface area contributed by atoms with Gasteiger partial charge in [0.15, 0.2) is 11.6 Å². The number of hydrogen-bond donors (Lipinski definition) is 4. The number of nitrogens with one attached hydrogen (secondary N) is 3. The molecule has 0 radical (unpaired) electrons. The highest BCUT2D eigenvalue weighted by Crippen LogP contribution is 2.40. The SMILES string of the molecule is O=C(c1ccc2c(Nc3cc(C4CC4)[nH]n3)nc(N3CCC[C@@H]3CO)nn12)N1CCNCC1. The normalized spacial score (nSPS) is 21.2. The molecule has 33 heavy (non-hydrogen) atoms. The molecule has 11 heteroatoms. The van der Waals surface area contributed by atoms with Crippen molar-refractivity contribution in [1.29, 1.82) is 0 Å². The van der Waals surface area contributed by atoms with Crippen molar-refractivity contribution in [3.8, 4) is 0 Å². The molecule has 2 saturated heterocycles. The van der Waals surface area contributed by atoms with Crippen molar-refractivity contribution in [2.24, 2.45) is 0 Å². The minimum absolute atomic E-state index is 0.0231. The standard InChI is InChI=1S/C22H29N9O2/c32-13-15-2-1-9-30(15)22-25-20(24-19-12-16(26-27-19)14-3-4-14)17-5-6-18(31(17)28-22)21(33)29-10-7-23-8-11-29/h5-6,12,14-15,23,32H,1-4,7-11,13H2,(H2,24,25,26,27,28)/t15-/m1/s1. The van der Waals surface area contributed by atoms with Crippen LogP contribution in [0.3, 0.4) is 0 Å². The Labute approximate surface area is 191 Å². The highest BCUT2D eigenvalue weighted by molar-refractivity contribution is 5.95. The number of nitrogens with zero attached hydrogens (tertiary/aromatic N) is 6. The van der Waals surface area contributed by atoms with E-state index in [2.05, 4.69) is 20.8 Å². The van der Waals surface area contributed by atoms with Gasteiger partial charge in [-0.15, -0.1) is 5.10 Å². The number of aromatic nitrogens is 5. The van der Waals surface area contributed by atoms with Crippen LogP contribution in [0.1, 0.15) is 47.8 Å². The third kappa shape index (κ3) is 3.80. The summed E-state index contributed by atoms with van der Waals surface area (Å²) in [6, 6.07) is 5.70. The molecule has 0 unspecified atom stereocenters. The van der Waals surface area contributed by atoms with Crippen LogP contribution < -0.4 is 15.5 Å². The monoisotopic (exact) mass is 451 g/mol. The Morgan fingerprint density at radius 1 is 1.18 bits per heavy atom. The zero-order chi connectivity index (χ0) is 22.4. The molecule has 174 valence electrons. The first-order chi connectivity index (χ1) is 16.2. The third-order valence-electron chi connectivity index (χ3n) is 6.83. The van der Waals surface area contributed by atoms with Crippen molar-refractivity contribution in [1.82, 2.24) is 35.0 Å². The first-order valence-electron chi connectivity index (χ1n) is 11.8. The quantitative estimate of drug-likeness (QED) is 0.439. The summed E-state index contributed by atoms with van der Waals surface area (Å²) in [6.45, 7) is 3.74. The zero-order valence-corrected chi connectivity index (χ0v) is 18.5. The van der Waals surface area contributed by atoms with E-state index >= 15 is 0 Å². The molecule has 11 nitrogen and oxygen atoms in total. The summed E-state index contributed by atoms with van der Waals surface area (Å²) in [5, 5.41) is 28.8. The number of H-pyrrole nitrogens is 1. The maximum Gasteiger partial charge on any atom is 0.272 e. The van der Waals surface area contributed by atoms with Gasteiger partial charge >= 0.3 is 0 Å². The number of aromatic amines is 1. The molecule has 2 aliphatic heterocycles. The Kier molecular flexibility index (Phi) is 5.14. The van der Waals surface area contributed by atoms with E-state index in [1.54, 1.807) is 4.52 Å². The number of hydrogen-bond acceptors (Lipinski definition) is 8. The fourth-order valence-corrected chi connectivity index (χ4v) is 4.80. The van der Waals surface area contributed by atoms with Crippen LogP contribution in [0.15, 0.2) is 18.2 Å². The van der Waals surface area contributed by atoms with Gasteiger partial charge in [0, 0.05) is 50.4 Å². The summed E-state index contributed by atoms with van der Waals surface area (Å²) in [6.07, 6.45) is 4.25. The molecule has 4 N–H and O–H groups in total. The molecule has 1 atom stereocenters. The lowest BCUT2D eigenvalue weighted by atomic mass is 10.2. The van der Waals surface area contributed by atoms with E-state index in [4.69, 9.17) is 10.1 Å². The molecule has 3 aliphatic rings. The van der Waals surface area contributed by atoms with Gasteiger partial charge in [-0.25, -0.2) is 4.52 Å². The largest absolute Gasteiger partial charge is 0.394 e. The van der Waals surface area contributed by atoms with Gasteiger partial charge in [0.1, 0.15) is 11.2 Å². The van der Waals surface area contributed by atoms with Gasteiger partial charge < -0.3 is 25.5 Å². The first-order valence-corrected chi connectivity index (χ1v) is 11.8. The maximum atomic E-state index is 13.3. The number of carbonyl (C=O) groups is 1. The van der Waals surface area contributed by atoms with E-state index in [0.29, 0.717) is 47.8 Å². The third-order valence-corrected chi connectivity index (χ3v) is 6.83. The Morgan fingerprint density at radius 2 is 2.03 bits per heavy atom. The molecule has 5 heterocycles. The van der Waals surface area contributed by atoms with Crippen LogP contribution in [0, 0.1) is 0 Å². The van der Waals surface area contributed by atoms with E-state index < -0.39 is 0 Å². The summed E-state index contributed by atoms with van der Waals surface area (Å²) in [7, 11) is 0. The molecule has 6 rings (SSSR count).